The molecule has 0 saturated carbocycles. The third-order valence-electron chi connectivity index (χ3n) is 6.50. The molecular weight excluding hydrogens is 426 g/mol. The first-order valence-corrected chi connectivity index (χ1v) is 11.6. The van der Waals surface area contributed by atoms with Crippen molar-refractivity contribution >= 4 is 11.6 Å². The lowest BCUT2D eigenvalue weighted by Crippen LogP contribution is -2.40. The van der Waals surface area contributed by atoms with Crippen molar-refractivity contribution < 1.29 is 14.3 Å². The van der Waals surface area contributed by atoms with Crippen LogP contribution in [0, 0.1) is 0 Å². The number of rotatable bonds is 8. The minimum atomic E-state index is -0.160. The predicted octanol–water partition coefficient (Wildman–Crippen LogP) is 4.30. The Morgan fingerprint density at radius 2 is 1.74 bits per heavy atom. The maximum absolute atomic E-state index is 13.1. The Hall–Kier alpha value is -3.51. The van der Waals surface area contributed by atoms with Crippen molar-refractivity contribution in [2.24, 2.45) is 0 Å². The average molecular weight is 460 g/mol. The largest absolute Gasteiger partial charge is 0.497 e. The molecule has 178 valence electrons. The van der Waals surface area contributed by atoms with Crippen LogP contribution in [0.5, 0.6) is 11.5 Å². The molecule has 1 unspecified atom stereocenters. The van der Waals surface area contributed by atoms with Gasteiger partial charge in [-0.05, 0) is 47.4 Å². The number of carbonyl (C=O) groups excluding carboxylic acids is 1. The number of amides is 1. The van der Waals surface area contributed by atoms with Crippen molar-refractivity contribution in [3.8, 4) is 11.5 Å². The Bertz CT molecular complexity index is 1130. The van der Waals surface area contributed by atoms with Crippen molar-refractivity contribution in [3.63, 3.8) is 0 Å². The molecule has 1 heterocycles. The highest BCUT2D eigenvalue weighted by molar-refractivity contribution is 5.97. The Morgan fingerprint density at radius 3 is 2.41 bits per heavy atom. The van der Waals surface area contributed by atoms with E-state index in [9.17, 15) is 4.79 Å². The van der Waals surface area contributed by atoms with Crippen LogP contribution in [0.25, 0.3) is 0 Å². The third kappa shape index (κ3) is 5.18. The van der Waals surface area contributed by atoms with Crippen molar-refractivity contribution in [3.05, 3.63) is 89.0 Å². The van der Waals surface area contributed by atoms with E-state index in [-0.39, 0.29) is 11.9 Å². The van der Waals surface area contributed by atoms with E-state index in [0.29, 0.717) is 23.6 Å². The molecule has 0 fully saturated rings. The zero-order valence-corrected chi connectivity index (χ0v) is 20.4. The summed E-state index contributed by atoms with van der Waals surface area (Å²) < 4.78 is 10.7. The van der Waals surface area contributed by atoms with Gasteiger partial charge in [0, 0.05) is 45.5 Å². The number of carbonyl (C=O) groups is 1. The SMILES string of the molecule is COc1ccc(C(=O)NCC(c2ccc(N(C)C)cc2)N2CCc3ccccc3C2)c(OC)c1. The zero-order chi connectivity index (χ0) is 24.1. The first kappa shape index (κ1) is 23.6. The normalized spacial score (nSPS) is 14.1. The molecular formula is C28H33N3O3. The molecule has 0 radical (unpaired) electrons. The topological polar surface area (TPSA) is 54.0 Å². The molecule has 0 aromatic heterocycles. The second kappa shape index (κ2) is 10.6. The molecule has 6 nitrogen and oxygen atoms in total. The summed E-state index contributed by atoms with van der Waals surface area (Å²) in [5.74, 6) is 0.988. The van der Waals surface area contributed by atoms with E-state index in [1.807, 2.05) is 14.1 Å². The Kier molecular flexibility index (Phi) is 7.38. The van der Waals surface area contributed by atoms with Crippen LogP contribution in [0.2, 0.25) is 0 Å². The second-order valence-electron chi connectivity index (χ2n) is 8.77. The Morgan fingerprint density at radius 1 is 1.00 bits per heavy atom. The molecule has 34 heavy (non-hydrogen) atoms. The molecule has 3 aromatic carbocycles. The molecule has 3 aromatic rings. The van der Waals surface area contributed by atoms with Crippen molar-refractivity contribution in [2.75, 3.05) is 46.3 Å². The van der Waals surface area contributed by atoms with Gasteiger partial charge in [-0.25, -0.2) is 0 Å². The minimum absolute atomic E-state index is 0.0535. The lowest BCUT2D eigenvalue weighted by atomic mass is 9.96. The fourth-order valence-electron chi connectivity index (χ4n) is 4.51. The van der Waals surface area contributed by atoms with E-state index in [0.717, 1.165) is 25.2 Å². The molecule has 1 atom stereocenters. The van der Waals surface area contributed by atoms with Gasteiger partial charge in [0.1, 0.15) is 11.5 Å². The van der Waals surface area contributed by atoms with Crippen LogP contribution in [0.4, 0.5) is 5.69 Å². The number of hydrogen-bond acceptors (Lipinski definition) is 5. The quantitative estimate of drug-likeness (QED) is 0.544. The monoisotopic (exact) mass is 459 g/mol. The maximum atomic E-state index is 13.1. The van der Waals surface area contributed by atoms with Crippen LogP contribution >= 0.6 is 0 Å². The molecule has 0 bridgehead atoms. The summed E-state index contributed by atoms with van der Waals surface area (Å²) in [5.41, 5.74) is 5.60. The maximum Gasteiger partial charge on any atom is 0.255 e. The predicted molar refractivity (Wildman–Crippen MR) is 136 cm³/mol. The highest BCUT2D eigenvalue weighted by atomic mass is 16.5. The summed E-state index contributed by atoms with van der Waals surface area (Å²) in [6.45, 7) is 2.30. The van der Waals surface area contributed by atoms with Gasteiger partial charge in [0.25, 0.3) is 5.91 Å². The summed E-state index contributed by atoms with van der Waals surface area (Å²) in [6, 6.07) is 22.5. The second-order valence-corrected chi connectivity index (χ2v) is 8.77. The van der Waals surface area contributed by atoms with Gasteiger partial charge in [-0.1, -0.05) is 36.4 Å². The first-order valence-electron chi connectivity index (χ1n) is 11.6. The first-order chi connectivity index (χ1) is 16.5. The van der Waals surface area contributed by atoms with Gasteiger partial charge in [-0.3, -0.25) is 9.69 Å². The van der Waals surface area contributed by atoms with E-state index in [1.165, 1.54) is 16.7 Å². The lowest BCUT2D eigenvalue weighted by molar-refractivity contribution is 0.0924. The molecule has 0 saturated heterocycles. The van der Waals surface area contributed by atoms with Crippen LogP contribution in [-0.2, 0) is 13.0 Å². The lowest BCUT2D eigenvalue weighted by Gasteiger charge is -2.36. The summed E-state index contributed by atoms with van der Waals surface area (Å²) in [6.07, 6.45) is 1.00. The van der Waals surface area contributed by atoms with Crippen molar-refractivity contribution in [1.82, 2.24) is 10.2 Å². The summed E-state index contributed by atoms with van der Waals surface area (Å²) >= 11 is 0. The van der Waals surface area contributed by atoms with Gasteiger partial charge in [-0.15, -0.1) is 0 Å². The number of hydrogen-bond donors (Lipinski definition) is 1. The number of nitrogens with one attached hydrogen (secondary N) is 1. The summed E-state index contributed by atoms with van der Waals surface area (Å²) in [4.78, 5) is 17.7. The molecule has 1 aliphatic heterocycles. The van der Waals surface area contributed by atoms with E-state index < -0.39 is 0 Å². The van der Waals surface area contributed by atoms with E-state index in [2.05, 4.69) is 63.6 Å². The molecule has 4 rings (SSSR count). The zero-order valence-electron chi connectivity index (χ0n) is 20.4. The van der Waals surface area contributed by atoms with Crippen LogP contribution in [0.3, 0.4) is 0 Å². The molecule has 0 aliphatic carbocycles. The van der Waals surface area contributed by atoms with E-state index >= 15 is 0 Å². The van der Waals surface area contributed by atoms with E-state index in [1.54, 1.807) is 32.4 Å². The minimum Gasteiger partial charge on any atom is -0.497 e. The number of benzene rings is 3. The van der Waals surface area contributed by atoms with Crippen molar-refractivity contribution in [2.45, 2.75) is 19.0 Å². The van der Waals surface area contributed by atoms with Gasteiger partial charge in [0.2, 0.25) is 0 Å². The molecule has 0 spiro atoms. The van der Waals surface area contributed by atoms with Crippen LogP contribution < -0.4 is 19.7 Å². The Balaban J connectivity index is 1.57. The number of ether oxygens (including phenoxy) is 2. The van der Waals surface area contributed by atoms with Gasteiger partial charge >= 0.3 is 0 Å². The number of anilines is 1. The van der Waals surface area contributed by atoms with Gasteiger partial charge < -0.3 is 19.7 Å². The fourth-order valence-corrected chi connectivity index (χ4v) is 4.51. The van der Waals surface area contributed by atoms with Crippen LogP contribution in [0.15, 0.2) is 66.7 Å². The molecule has 1 amide bonds. The smallest absolute Gasteiger partial charge is 0.255 e. The Labute approximate surface area is 202 Å². The highest BCUT2D eigenvalue weighted by Crippen LogP contribution is 2.29. The molecule has 1 aliphatic rings. The van der Waals surface area contributed by atoms with Crippen molar-refractivity contribution in [1.29, 1.82) is 0 Å². The fraction of sp³-hybridized carbons (Fsp3) is 0.321. The number of nitrogens with zero attached hydrogens (tertiary/aromatic N) is 2. The highest BCUT2D eigenvalue weighted by Gasteiger charge is 2.26. The summed E-state index contributed by atoms with van der Waals surface area (Å²) in [5, 5.41) is 3.16. The molecule has 1 N–H and O–H groups in total. The van der Waals surface area contributed by atoms with Crippen LogP contribution in [-0.4, -0.2) is 52.2 Å². The van der Waals surface area contributed by atoms with Crippen LogP contribution in [0.1, 0.15) is 33.1 Å². The van der Waals surface area contributed by atoms with Gasteiger partial charge in [-0.2, -0.15) is 0 Å². The average Bonchev–Trinajstić information content (AvgIpc) is 2.88. The number of fused-ring (bicyclic) bond motifs is 1. The standard InChI is InChI=1S/C28H33N3O3/c1-30(2)23-11-9-21(10-12-23)26(31-16-15-20-7-5-6-8-22(20)19-31)18-29-28(32)25-14-13-24(33-3)17-27(25)34-4/h5-14,17,26H,15-16,18-19H2,1-4H3,(H,29,32). The van der Waals surface area contributed by atoms with Gasteiger partial charge in [0.15, 0.2) is 0 Å². The van der Waals surface area contributed by atoms with E-state index in [4.69, 9.17) is 9.47 Å². The third-order valence-corrected chi connectivity index (χ3v) is 6.50. The summed E-state index contributed by atoms with van der Waals surface area (Å²) in [7, 11) is 7.23. The molecule has 6 heteroatoms. The van der Waals surface area contributed by atoms with Gasteiger partial charge in [0.05, 0.1) is 25.8 Å². The number of methoxy groups -OCH3 is 2.